The van der Waals surface area contributed by atoms with Crippen molar-refractivity contribution in [2.24, 2.45) is 0 Å². The van der Waals surface area contributed by atoms with Crippen molar-refractivity contribution in [3.8, 4) is 0 Å². The van der Waals surface area contributed by atoms with Crippen molar-refractivity contribution in [1.82, 2.24) is 5.32 Å². The van der Waals surface area contributed by atoms with Crippen LogP contribution in [0.5, 0.6) is 0 Å². The van der Waals surface area contributed by atoms with Gasteiger partial charge < -0.3 is 15.8 Å². The quantitative estimate of drug-likeness (QED) is 0.767. The molecule has 0 spiro atoms. The summed E-state index contributed by atoms with van der Waals surface area (Å²) in [6.45, 7) is 0. The number of carbonyl (C=O) groups excluding carboxylic acids is 1. The second-order valence-electron chi connectivity index (χ2n) is 4.52. The molecular weight excluding hydrogens is 216 g/mol. The van der Waals surface area contributed by atoms with Gasteiger partial charge in [-0.3, -0.25) is 4.79 Å². The van der Waals surface area contributed by atoms with Crippen molar-refractivity contribution in [2.45, 2.75) is 31.4 Å². The molecule has 1 amide bonds. The lowest BCUT2D eigenvalue weighted by molar-refractivity contribution is -0.122. The molecular formula is C13H18N2O2. The van der Waals surface area contributed by atoms with E-state index in [1.807, 2.05) is 24.3 Å². The number of ether oxygens (including phenoxy) is 1. The molecule has 2 rings (SSSR count). The van der Waals surface area contributed by atoms with Gasteiger partial charge in [-0.1, -0.05) is 12.1 Å². The van der Waals surface area contributed by atoms with E-state index in [9.17, 15) is 4.79 Å². The van der Waals surface area contributed by atoms with Crippen LogP contribution < -0.4 is 11.1 Å². The third kappa shape index (κ3) is 3.20. The van der Waals surface area contributed by atoms with E-state index in [0.717, 1.165) is 18.4 Å². The first kappa shape index (κ1) is 11.9. The summed E-state index contributed by atoms with van der Waals surface area (Å²) in [4.78, 5) is 11.7. The lowest BCUT2D eigenvalue weighted by Gasteiger charge is -2.34. The molecule has 0 unspecified atom stereocenters. The van der Waals surface area contributed by atoms with Gasteiger partial charge in [0, 0.05) is 18.8 Å². The number of nitrogens with one attached hydrogen (secondary N) is 1. The monoisotopic (exact) mass is 234 g/mol. The minimum Gasteiger partial charge on any atom is -0.399 e. The number of methoxy groups -OCH3 is 1. The number of benzene rings is 1. The minimum atomic E-state index is 0.0511. The number of anilines is 1. The predicted octanol–water partition coefficient (Wildman–Crippen LogP) is 1.10. The fourth-order valence-electron chi connectivity index (χ4n) is 2.04. The maximum Gasteiger partial charge on any atom is 0.224 e. The molecule has 92 valence electrons. The number of rotatable bonds is 4. The fourth-order valence-corrected chi connectivity index (χ4v) is 2.04. The van der Waals surface area contributed by atoms with Crippen LogP contribution in [0.25, 0.3) is 0 Å². The van der Waals surface area contributed by atoms with Gasteiger partial charge in [0.15, 0.2) is 0 Å². The van der Waals surface area contributed by atoms with E-state index < -0.39 is 0 Å². The number of hydrogen-bond donors (Lipinski definition) is 2. The highest BCUT2D eigenvalue weighted by atomic mass is 16.5. The molecule has 0 aliphatic heterocycles. The van der Waals surface area contributed by atoms with Crippen molar-refractivity contribution in [3.63, 3.8) is 0 Å². The summed E-state index contributed by atoms with van der Waals surface area (Å²) in [6.07, 6.45) is 2.53. The summed E-state index contributed by atoms with van der Waals surface area (Å²) in [6, 6.07) is 7.69. The van der Waals surface area contributed by atoms with E-state index in [4.69, 9.17) is 10.5 Å². The highest BCUT2D eigenvalue weighted by Crippen LogP contribution is 2.22. The van der Waals surface area contributed by atoms with Gasteiger partial charge in [-0.05, 0) is 30.5 Å². The van der Waals surface area contributed by atoms with Crippen molar-refractivity contribution < 1.29 is 9.53 Å². The van der Waals surface area contributed by atoms with Gasteiger partial charge in [0.05, 0.1) is 12.5 Å². The summed E-state index contributed by atoms with van der Waals surface area (Å²) < 4.78 is 5.16. The Morgan fingerprint density at radius 2 is 2.29 bits per heavy atom. The van der Waals surface area contributed by atoms with Crippen LogP contribution in [0.4, 0.5) is 5.69 Å². The minimum absolute atomic E-state index is 0.0511. The van der Waals surface area contributed by atoms with Gasteiger partial charge in [-0.2, -0.15) is 0 Å². The number of amides is 1. The predicted molar refractivity (Wildman–Crippen MR) is 66.5 cm³/mol. The second-order valence-corrected chi connectivity index (χ2v) is 4.52. The Labute approximate surface area is 101 Å². The largest absolute Gasteiger partial charge is 0.399 e. The Kier molecular flexibility index (Phi) is 3.64. The average Bonchev–Trinajstić information content (AvgIpc) is 2.22. The van der Waals surface area contributed by atoms with Crippen LogP contribution in [0.1, 0.15) is 18.4 Å². The van der Waals surface area contributed by atoms with Gasteiger partial charge in [0.2, 0.25) is 5.91 Å². The summed E-state index contributed by atoms with van der Waals surface area (Å²) in [5.74, 6) is 0.0511. The molecule has 0 aromatic heterocycles. The van der Waals surface area contributed by atoms with Crippen LogP contribution in [0.3, 0.4) is 0 Å². The number of nitrogens with two attached hydrogens (primary N) is 1. The molecule has 4 heteroatoms. The smallest absolute Gasteiger partial charge is 0.224 e. The highest BCUT2D eigenvalue weighted by Gasteiger charge is 2.29. The highest BCUT2D eigenvalue weighted by molar-refractivity contribution is 5.79. The molecule has 1 aromatic rings. The normalized spacial score (nSPS) is 22.9. The maximum absolute atomic E-state index is 11.7. The molecule has 1 fully saturated rings. The van der Waals surface area contributed by atoms with Gasteiger partial charge in [-0.15, -0.1) is 0 Å². The zero-order valence-electron chi connectivity index (χ0n) is 9.98. The van der Waals surface area contributed by atoms with Crippen LogP contribution >= 0.6 is 0 Å². The Morgan fingerprint density at radius 1 is 1.53 bits per heavy atom. The zero-order valence-corrected chi connectivity index (χ0v) is 9.98. The fraction of sp³-hybridized carbons (Fsp3) is 0.462. The molecule has 1 saturated carbocycles. The van der Waals surface area contributed by atoms with Crippen molar-refractivity contribution in [1.29, 1.82) is 0 Å². The lowest BCUT2D eigenvalue weighted by atomic mass is 9.89. The van der Waals surface area contributed by atoms with Gasteiger partial charge in [-0.25, -0.2) is 0 Å². The third-order valence-corrected chi connectivity index (χ3v) is 3.11. The van der Waals surface area contributed by atoms with Gasteiger partial charge >= 0.3 is 0 Å². The van der Waals surface area contributed by atoms with E-state index >= 15 is 0 Å². The van der Waals surface area contributed by atoms with E-state index in [-0.39, 0.29) is 11.9 Å². The van der Waals surface area contributed by atoms with Crippen LogP contribution in [0.15, 0.2) is 24.3 Å². The first-order valence-corrected chi connectivity index (χ1v) is 5.84. The zero-order chi connectivity index (χ0) is 12.3. The summed E-state index contributed by atoms with van der Waals surface area (Å²) in [5.41, 5.74) is 7.30. The molecule has 0 heterocycles. The van der Waals surface area contributed by atoms with E-state index in [1.54, 1.807) is 7.11 Å². The first-order chi connectivity index (χ1) is 8.17. The van der Waals surface area contributed by atoms with E-state index in [0.29, 0.717) is 18.2 Å². The number of nitrogen functional groups attached to an aromatic ring is 1. The SMILES string of the molecule is COC1CC(NC(=O)Cc2cccc(N)c2)C1. The second kappa shape index (κ2) is 5.19. The standard InChI is InChI=1S/C13H18N2O2/c1-17-12-7-11(8-12)15-13(16)6-9-3-2-4-10(14)5-9/h2-5,11-12H,6-8,14H2,1H3,(H,15,16). The van der Waals surface area contributed by atoms with Crippen LogP contribution in [0, 0.1) is 0 Å². The molecule has 1 aliphatic carbocycles. The molecule has 0 bridgehead atoms. The Morgan fingerprint density at radius 3 is 2.94 bits per heavy atom. The summed E-state index contributed by atoms with van der Waals surface area (Å²) >= 11 is 0. The average molecular weight is 234 g/mol. The first-order valence-electron chi connectivity index (χ1n) is 5.84. The molecule has 1 aliphatic rings. The molecule has 0 saturated heterocycles. The molecule has 4 nitrogen and oxygen atoms in total. The van der Waals surface area contributed by atoms with Crippen molar-refractivity contribution in [3.05, 3.63) is 29.8 Å². The lowest BCUT2D eigenvalue weighted by Crippen LogP contribution is -2.47. The van der Waals surface area contributed by atoms with Crippen LogP contribution in [0.2, 0.25) is 0 Å². The van der Waals surface area contributed by atoms with E-state index in [2.05, 4.69) is 5.32 Å². The van der Waals surface area contributed by atoms with Crippen molar-refractivity contribution >= 4 is 11.6 Å². The van der Waals surface area contributed by atoms with E-state index in [1.165, 1.54) is 0 Å². The Hall–Kier alpha value is -1.55. The van der Waals surface area contributed by atoms with Gasteiger partial charge in [0.25, 0.3) is 0 Å². The summed E-state index contributed by atoms with van der Waals surface area (Å²) in [5, 5.41) is 2.99. The Balaban J connectivity index is 1.78. The number of hydrogen-bond acceptors (Lipinski definition) is 3. The molecule has 0 radical (unpaired) electrons. The molecule has 17 heavy (non-hydrogen) atoms. The van der Waals surface area contributed by atoms with Crippen LogP contribution in [-0.2, 0) is 16.0 Å². The topological polar surface area (TPSA) is 64.3 Å². The Bertz CT molecular complexity index is 400. The molecule has 3 N–H and O–H groups in total. The maximum atomic E-state index is 11.7. The van der Waals surface area contributed by atoms with Crippen molar-refractivity contribution in [2.75, 3.05) is 12.8 Å². The van der Waals surface area contributed by atoms with Crippen LogP contribution in [-0.4, -0.2) is 25.2 Å². The molecule has 1 aromatic carbocycles. The third-order valence-electron chi connectivity index (χ3n) is 3.11. The van der Waals surface area contributed by atoms with Gasteiger partial charge in [0.1, 0.15) is 0 Å². The summed E-state index contributed by atoms with van der Waals surface area (Å²) in [7, 11) is 1.70. The molecule has 0 atom stereocenters. The number of carbonyl (C=O) groups is 1.